The Morgan fingerprint density at radius 1 is 1.36 bits per heavy atom. The van der Waals surface area contributed by atoms with E-state index in [0.29, 0.717) is 4.90 Å². The molecule has 0 spiro atoms. The van der Waals surface area contributed by atoms with E-state index in [0.717, 1.165) is 0 Å². The van der Waals surface area contributed by atoms with Crippen molar-refractivity contribution in [1.82, 2.24) is 15.1 Å². The lowest BCUT2D eigenvalue weighted by molar-refractivity contribution is -0.142. The molecule has 0 aromatic carbocycles. The molecule has 1 aliphatic rings. The van der Waals surface area contributed by atoms with Crippen molar-refractivity contribution in [3.8, 4) is 0 Å². The second-order valence-corrected chi connectivity index (χ2v) is 2.94. The molecule has 0 radical (unpaired) electrons. The summed E-state index contributed by atoms with van der Waals surface area (Å²) in [6.45, 7) is -0.413. The molecule has 1 aliphatic heterocycles. The van der Waals surface area contributed by atoms with Gasteiger partial charge in [0, 0.05) is 14.1 Å². The van der Waals surface area contributed by atoms with Crippen LogP contribution in [-0.2, 0) is 14.4 Å². The van der Waals surface area contributed by atoms with Crippen LogP contribution in [-0.4, -0.2) is 54.2 Å². The second-order valence-electron chi connectivity index (χ2n) is 2.94. The van der Waals surface area contributed by atoms with Crippen LogP contribution < -0.4 is 5.32 Å². The average Bonchev–Trinajstić information content (AvgIpc) is 2.32. The molecule has 7 heteroatoms. The summed E-state index contributed by atoms with van der Waals surface area (Å²) in [6, 6.07) is -0.852. The minimum absolute atomic E-state index is 0.413. The Balaban J connectivity index is 2.70. The van der Waals surface area contributed by atoms with Gasteiger partial charge in [0.05, 0.1) is 0 Å². The Bertz CT molecular complexity index is 323. The van der Waals surface area contributed by atoms with Crippen molar-refractivity contribution in [2.45, 2.75) is 0 Å². The highest BCUT2D eigenvalue weighted by Gasteiger charge is 2.38. The Morgan fingerprint density at radius 3 is 2.29 bits per heavy atom. The van der Waals surface area contributed by atoms with Gasteiger partial charge >= 0.3 is 17.8 Å². The van der Waals surface area contributed by atoms with Gasteiger partial charge in [0.25, 0.3) is 0 Å². The van der Waals surface area contributed by atoms with Crippen LogP contribution in [0, 0.1) is 0 Å². The first-order chi connectivity index (χ1) is 6.43. The summed E-state index contributed by atoms with van der Waals surface area (Å²) in [5.74, 6) is -2.42. The number of urea groups is 1. The molecule has 1 rings (SSSR count). The lowest BCUT2D eigenvalue weighted by Crippen LogP contribution is -2.40. The van der Waals surface area contributed by atoms with Crippen LogP contribution in [0.1, 0.15) is 0 Å². The van der Waals surface area contributed by atoms with Crippen LogP contribution in [0.4, 0.5) is 4.79 Å². The van der Waals surface area contributed by atoms with E-state index in [9.17, 15) is 19.2 Å². The molecule has 1 saturated heterocycles. The largest absolute Gasteiger partial charge is 0.347 e. The first kappa shape index (κ1) is 10.2. The number of nitrogens with zero attached hydrogens (tertiary/aromatic N) is 2. The monoisotopic (exact) mass is 199 g/mol. The quantitative estimate of drug-likeness (QED) is 0.418. The van der Waals surface area contributed by atoms with Crippen molar-refractivity contribution in [2.24, 2.45) is 0 Å². The molecule has 0 atom stereocenters. The van der Waals surface area contributed by atoms with E-state index in [1.807, 2.05) is 0 Å². The normalized spacial score (nSPS) is 15.9. The lowest BCUT2D eigenvalue weighted by Gasteiger charge is -2.14. The van der Waals surface area contributed by atoms with Crippen molar-refractivity contribution in [2.75, 3.05) is 20.6 Å². The molecule has 14 heavy (non-hydrogen) atoms. The van der Waals surface area contributed by atoms with Gasteiger partial charge in [-0.3, -0.25) is 19.7 Å². The zero-order valence-corrected chi connectivity index (χ0v) is 7.73. The van der Waals surface area contributed by atoms with Crippen molar-refractivity contribution in [3.63, 3.8) is 0 Å². The third kappa shape index (κ3) is 1.70. The Labute approximate surface area is 79.6 Å². The molecule has 0 aromatic rings. The zero-order chi connectivity index (χ0) is 10.9. The van der Waals surface area contributed by atoms with Crippen LogP contribution in [0.2, 0.25) is 0 Å². The summed E-state index contributed by atoms with van der Waals surface area (Å²) >= 11 is 0. The van der Waals surface area contributed by atoms with Crippen LogP contribution in [0.5, 0.6) is 0 Å². The van der Waals surface area contributed by atoms with Gasteiger partial charge in [0.15, 0.2) is 0 Å². The summed E-state index contributed by atoms with van der Waals surface area (Å²) in [6.07, 6.45) is 0. The average molecular weight is 199 g/mol. The molecule has 7 nitrogen and oxygen atoms in total. The summed E-state index contributed by atoms with van der Waals surface area (Å²) < 4.78 is 0. The van der Waals surface area contributed by atoms with E-state index in [1.54, 1.807) is 5.32 Å². The molecule has 0 unspecified atom stereocenters. The van der Waals surface area contributed by atoms with E-state index < -0.39 is 30.3 Å². The van der Waals surface area contributed by atoms with Gasteiger partial charge in [-0.2, -0.15) is 0 Å². The molecule has 0 aromatic heterocycles. The number of nitrogens with one attached hydrogen (secondary N) is 1. The summed E-state index contributed by atoms with van der Waals surface area (Å²) in [7, 11) is 2.98. The molecule has 0 aliphatic carbocycles. The molecule has 5 amide bonds. The van der Waals surface area contributed by atoms with Crippen LogP contribution in [0.15, 0.2) is 0 Å². The molecule has 1 N–H and O–H groups in total. The number of hydrogen-bond donors (Lipinski definition) is 1. The second kappa shape index (κ2) is 3.44. The molecule has 0 bridgehead atoms. The predicted molar refractivity (Wildman–Crippen MR) is 43.9 cm³/mol. The van der Waals surface area contributed by atoms with Gasteiger partial charge in [-0.1, -0.05) is 0 Å². The van der Waals surface area contributed by atoms with Gasteiger partial charge in [-0.25, -0.2) is 9.69 Å². The first-order valence-corrected chi connectivity index (χ1v) is 3.80. The maximum absolute atomic E-state index is 11.1. The number of likely N-dealkylation sites (N-methyl/N-ethyl adjacent to an activating group) is 1. The Kier molecular flexibility index (Phi) is 2.50. The fourth-order valence-corrected chi connectivity index (χ4v) is 0.853. The lowest BCUT2D eigenvalue weighted by atomic mass is 10.4. The van der Waals surface area contributed by atoms with Crippen molar-refractivity contribution in [3.05, 3.63) is 0 Å². The maximum Gasteiger partial charge on any atom is 0.332 e. The third-order valence-electron chi connectivity index (χ3n) is 1.70. The molecule has 0 saturated carbocycles. The Morgan fingerprint density at radius 2 is 1.93 bits per heavy atom. The topological polar surface area (TPSA) is 86.8 Å². The summed E-state index contributed by atoms with van der Waals surface area (Å²) in [5.41, 5.74) is 0. The SMILES string of the molecule is CN(C)C(=O)CN1C(=O)NC(=O)C1=O. The van der Waals surface area contributed by atoms with E-state index in [-0.39, 0.29) is 0 Å². The van der Waals surface area contributed by atoms with E-state index in [2.05, 4.69) is 0 Å². The smallest absolute Gasteiger partial charge is 0.332 e. The molecule has 76 valence electrons. The van der Waals surface area contributed by atoms with Crippen LogP contribution in [0.3, 0.4) is 0 Å². The zero-order valence-electron chi connectivity index (χ0n) is 7.73. The fraction of sp³-hybridized carbons (Fsp3) is 0.429. The minimum atomic E-state index is -0.999. The van der Waals surface area contributed by atoms with Crippen molar-refractivity contribution < 1.29 is 19.2 Å². The van der Waals surface area contributed by atoms with Crippen molar-refractivity contribution >= 4 is 23.8 Å². The molecular weight excluding hydrogens is 190 g/mol. The number of rotatable bonds is 2. The molecule has 1 heterocycles. The summed E-state index contributed by atoms with van der Waals surface area (Å²) in [4.78, 5) is 45.6. The third-order valence-corrected chi connectivity index (χ3v) is 1.70. The number of carbonyl (C=O) groups is 4. The van der Waals surface area contributed by atoms with Gasteiger partial charge in [0.1, 0.15) is 6.54 Å². The standard InChI is InChI=1S/C7H9N3O4/c1-9(2)4(11)3-10-6(13)5(12)8-7(10)14/h3H2,1-2H3,(H,8,12,14). The predicted octanol–water partition coefficient (Wildman–Crippen LogP) is -1.85. The summed E-state index contributed by atoms with van der Waals surface area (Å²) in [5, 5.41) is 1.79. The van der Waals surface area contributed by atoms with Gasteiger partial charge in [0.2, 0.25) is 5.91 Å². The first-order valence-electron chi connectivity index (χ1n) is 3.80. The van der Waals surface area contributed by atoms with Crippen LogP contribution in [0.25, 0.3) is 0 Å². The van der Waals surface area contributed by atoms with Gasteiger partial charge in [-0.05, 0) is 0 Å². The fourth-order valence-electron chi connectivity index (χ4n) is 0.853. The van der Waals surface area contributed by atoms with Gasteiger partial charge < -0.3 is 4.90 Å². The van der Waals surface area contributed by atoms with Crippen LogP contribution >= 0.6 is 0 Å². The van der Waals surface area contributed by atoms with E-state index in [4.69, 9.17) is 0 Å². The number of hydrogen-bond acceptors (Lipinski definition) is 4. The maximum atomic E-state index is 11.1. The highest BCUT2D eigenvalue weighted by Crippen LogP contribution is 2.00. The van der Waals surface area contributed by atoms with E-state index in [1.165, 1.54) is 19.0 Å². The number of carbonyl (C=O) groups excluding carboxylic acids is 4. The Hall–Kier alpha value is -1.92. The highest BCUT2D eigenvalue weighted by molar-refractivity contribution is 6.45. The molecule has 1 fully saturated rings. The number of imide groups is 2. The van der Waals surface area contributed by atoms with Crippen molar-refractivity contribution in [1.29, 1.82) is 0 Å². The number of amides is 5. The minimum Gasteiger partial charge on any atom is -0.347 e. The van der Waals surface area contributed by atoms with E-state index >= 15 is 0 Å². The highest BCUT2D eigenvalue weighted by atomic mass is 16.2. The molecular formula is C7H9N3O4. The van der Waals surface area contributed by atoms with Gasteiger partial charge in [-0.15, -0.1) is 0 Å².